The van der Waals surface area contributed by atoms with Gasteiger partial charge in [-0.05, 0) is 12.8 Å². The van der Waals surface area contributed by atoms with Gasteiger partial charge >= 0.3 is 6.16 Å². The fourth-order valence-corrected chi connectivity index (χ4v) is 0.603. The quantitative estimate of drug-likeness (QED) is 0.482. The van der Waals surface area contributed by atoms with Gasteiger partial charge in [-0.1, -0.05) is 26.0 Å². The first-order valence-electron chi connectivity index (χ1n) is 4.13. The normalized spacial score (nSPS) is 10.7. The van der Waals surface area contributed by atoms with Gasteiger partial charge in [0.2, 0.25) is 0 Å². The molecule has 0 aromatic heterocycles. The molecule has 0 saturated heterocycles. The third-order valence-electron chi connectivity index (χ3n) is 1.08. The van der Waals surface area contributed by atoms with Crippen LogP contribution in [0.2, 0.25) is 0 Å². The highest BCUT2D eigenvalue weighted by atomic mass is 16.7. The minimum absolute atomic E-state index is 0.289. The van der Waals surface area contributed by atoms with E-state index in [1.165, 1.54) is 0 Å². The summed E-state index contributed by atoms with van der Waals surface area (Å²) in [5, 5.41) is 0. The molecule has 12 heavy (non-hydrogen) atoms. The van der Waals surface area contributed by atoms with Crippen molar-refractivity contribution < 1.29 is 14.3 Å². The van der Waals surface area contributed by atoms with Gasteiger partial charge in [-0.25, -0.2) is 4.79 Å². The first-order chi connectivity index (χ1) is 5.66. The van der Waals surface area contributed by atoms with E-state index in [9.17, 15) is 4.79 Å². The Hall–Kier alpha value is -0.990. The fourth-order valence-electron chi connectivity index (χ4n) is 0.603. The van der Waals surface area contributed by atoms with Gasteiger partial charge in [-0.15, -0.1) is 0 Å². The average molecular weight is 172 g/mol. The molecule has 0 saturated carbocycles. The van der Waals surface area contributed by atoms with Crippen molar-refractivity contribution in [3.05, 3.63) is 12.2 Å². The van der Waals surface area contributed by atoms with E-state index in [0.29, 0.717) is 12.5 Å². The average Bonchev–Trinajstić information content (AvgIpc) is 1.98. The molecule has 0 aromatic carbocycles. The molecule has 0 N–H and O–H groups in total. The lowest BCUT2D eigenvalue weighted by atomic mass is 10.2. The number of rotatable bonds is 4. The summed E-state index contributed by atoms with van der Waals surface area (Å²) in [6.45, 7) is 6.50. The molecular formula is C9H16O3. The summed E-state index contributed by atoms with van der Waals surface area (Å²) in [4.78, 5) is 10.6. The van der Waals surface area contributed by atoms with Crippen molar-refractivity contribution in [1.82, 2.24) is 0 Å². The van der Waals surface area contributed by atoms with Crippen LogP contribution < -0.4 is 0 Å². The van der Waals surface area contributed by atoms with Crippen molar-refractivity contribution in [2.45, 2.75) is 20.8 Å². The van der Waals surface area contributed by atoms with E-state index < -0.39 is 6.16 Å². The second-order valence-corrected chi connectivity index (χ2v) is 2.67. The van der Waals surface area contributed by atoms with Crippen molar-refractivity contribution in [3.8, 4) is 0 Å². The van der Waals surface area contributed by atoms with Gasteiger partial charge in [0, 0.05) is 0 Å². The zero-order valence-corrected chi connectivity index (χ0v) is 7.87. The first-order valence-corrected chi connectivity index (χ1v) is 4.13. The van der Waals surface area contributed by atoms with Crippen molar-refractivity contribution >= 4 is 6.16 Å². The molecule has 0 amide bonds. The maximum absolute atomic E-state index is 10.6. The molecule has 0 aromatic rings. The molecule has 0 rings (SSSR count). The highest BCUT2D eigenvalue weighted by Gasteiger charge is 1.98. The van der Waals surface area contributed by atoms with E-state index in [0.717, 1.165) is 0 Å². The summed E-state index contributed by atoms with van der Waals surface area (Å²) in [6.07, 6.45) is 3.17. The molecule has 0 aliphatic rings. The molecule has 0 atom stereocenters. The second kappa shape index (κ2) is 6.70. The number of hydrogen-bond donors (Lipinski definition) is 0. The lowest BCUT2D eigenvalue weighted by Gasteiger charge is -2.00. The lowest BCUT2D eigenvalue weighted by Crippen LogP contribution is -2.06. The molecule has 0 bridgehead atoms. The van der Waals surface area contributed by atoms with Crippen LogP contribution in [-0.4, -0.2) is 19.4 Å². The Morgan fingerprint density at radius 2 is 2.08 bits per heavy atom. The van der Waals surface area contributed by atoms with Gasteiger partial charge in [-0.2, -0.15) is 0 Å². The minimum atomic E-state index is -0.606. The number of ether oxygens (including phenoxy) is 2. The van der Waals surface area contributed by atoms with Crippen LogP contribution in [0, 0.1) is 5.92 Å². The molecule has 70 valence electrons. The summed E-state index contributed by atoms with van der Waals surface area (Å²) in [6, 6.07) is 0. The van der Waals surface area contributed by atoms with Crippen LogP contribution in [0.4, 0.5) is 4.79 Å². The largest absolute Gasteiger partial charge is 0.508 e. The Bertz CT molecular complexity index is 150. The van der Waals surface area contributed by atoms with Gasteiger partial charge in [-0.3, -0.25) is 0 Å². The molecule has 0 unspecified atom stereocenters. The van der Waals surface area contributed by atoms with Crippen molar-refractivity contribution in [1.29, 1.82) is 0 Å². The molecule has 0 radical (unpaired) electrons. The molecule has 0 aliphatic heterocycles. The van der Waals surface area contributed by atoms with Crippen LogP contribution in [0.15, 0.2) is 12.2 Å². The zero-order chi connectivity index (χ0) is 9.40. The maximum atomic E-state index is 10.6. The van der Waals surface area contributed by atoms with Gasteiger partial charge in [0.05, 0.1) is 6.61 Å². The number of allylic oxidation sites excluding steroid dienone is 1. The third-order valence-corrected chi connectivity index (χ3v) is 1.08. The van der Waals surface area contributed by atoms with Crippen LogP contribution in [0.25, 0.3) is 0 Å². The molecular weight excluding hydrogens is 156 g/mol. The van der Waals surface area contributed by atoms with E-state index in [2.05, 4.69) is 23.3 Å². The molecule has 0 fully saturated rings. The van der Waals surface area contributed by atoms with Gasteiger partial charge in [0.15, 0.2) is 0 Å². The van der Waals surface area contributed by atoms with Crippen LogP contribution in [-0.2, 0) is 9.47 Å². The van der Waals surface area contributed by atoms with E-state index in [-0.39, 0.29) is 6.61 Å². The summed E-state index contributed by atoms with van der Waals surface area (Å²) >= 11 is 0. The van der Waals surface area contributed by atoms with Gasteiger partial charge in [0.25, 0.3) is 0 Å². The van der Waals surface area contributed by atoms with Gasteiger partial charge < -0.3 is 9.47 Å². The van der Waals surface area contributed by atoms with E-state index in [1.807, 2.05) is 12.2 Å². The highest BCUT2D eigenvalue weighted by Crippen LogP contribution is 1.93. The second-order valence-electron chi connectivity index (χ2n) is 2.67. The molecule has 0 heterocycles. The van der Waals surface area contributed by atoms with Crippen molar-refractivity contribution in [3.63, 3.8) is 0 Å². The molecule has 3 heteroatoms. The number of carbonyl (C=O) groups excluding carboxylic acids is 1. The van der Waals surface area contributed by atoms with Crippen molar-refractivity contribution in [2.75, 3.05) is 13.2 Å². The Balaban J connectivity index is 3.36. The monoisotopic (exact) mass is 172 g/mol. The first kappa shape index (κ1) is 11.0. The smallest absolute Gasteiger partial charge is 0.435 e. The number of carbonyl (C=O) groups is 1. The Morgan fingerprint density at radius 3 is 2.58 bits per heavy atom. The standard InChI is InChI=1S/C9H16O3/c1-4-11-9(10)12-7-5-6-8(2)3/h5-6,8H,4,7H2,1-3H3/b6-5+. The summed E-state index contributed by atoms with van der Waals surface area (Å²) in [5.41, 5.74) is 0. The van der Waals surface area contributed by atoms with Crippen LogP contribution in [0.1, 0.15) is 20.8 Å². The summed E-state index contributed by atoms with van der Waals surface area (Å²) in [5.74, 6) is 0.482. The predicted molar refractivity (Wildman–Crippen MR) is 47.0 cm³/mol. The maximum Gasteiger partial charge on any atom is 0.508 e. The van der Waals surface area contributed by atoms with Crippen molar-refractivity contribution in [2.24, 2.45) is 5.92 Å². The van der Waals surface area contributed by atoms with Crippen LogP contribution >= 0.6 is 0 Å². The Kier molecular flexibility index (Phi) is 6.15. The summed E-state index contributed by atoms with van der Waals surface area (Å²) < 4.78 is 9.24. The molecule has 0 spiro atoms. The van der Waals surface area contributed by atoms with Crippen LogP contribution in [0.3, 0.4) is 0 Å². The minimum Gasteiger partial charge on any atom is -0.435 e. The molecule has 0 aliphatic carbocycles. The Morgan fingerprint density at radius 1 is 1.42 bits per heavy atom. The Labute approximate surface area is 73.4 Å². The SMILES string of the molecule is CCOC(=O)OC/C=C/C(C)C. The topological polar surface area (TPSA) is 35.5 Å². The van der Waals surface area contributed by atoms with Gasteiger partial charge in [0.1, 0.15) is 6.61 Å². The fraction of sp³-hybridized carbons (Fsp3) is 0.667. The lowest BCUT2D eigenvalue weighted by molar-refractivity contribution is 0.0672. The highest BCUT2D eigenvalue weighted by molar-refractivity contribution is 5.59. The third kappa shape index (κ3) is 7.12. The summed E-state index contributed by atoms with van der Waals surface area (Å²) in [7, 11) is 0. The van der Waals surface area contributed by atoms with E-state index in [4.69, 9.17) is 0 Å². The zero-order valence-electron chi connectivity index (χ0n) is 7.87. The van der Waals surface area contributed by atoms with E-state index in [1.54, 1.807) is 6.92 Å². The molecule has 3 nitrogen and oxygen atoms in total. The number of hydrogen-bond acceptors (Lipinski definition) is 3. The van der Waals surface area contributed by atoms with E-state index >= 15 is 0 Å². The predicted octanol–water partition coefficient (Wildman–Crippen LogP) is 2.37. The van der Waals surface area contributed by atoms with Crippen LogP contribution in [0.5, 0.6) is 0 Å².